The number of hydrogen-bond acceptors (Lipinski definition) is 3. The number of hydrogen-bond donors (Lipinski definition) is 0. The van der Waals surface area contributed by atoms with Crippen molar-refractivity contribution in [2.45, 2.75) is 25.7 Å². The standard InChI is InChI=1S/C11H14ClNO3/c1-11(2)13(10(14)6-12)7-9(16-11)8-4-3-5-15-8/h3-5,9H,6-7H2,1-2H3. The molecule has 2 heterocycles. The van der Waals surface area contributed by atoms with E-state index in [0.717, 1.165) is 5.76 Å². The lowest BCUT2D eigenvalue weighted by atomic mass is 10.2. The van der Waals surface area contributed by atoms with Gasteiger partial charge in [0, 0.05) is 0 Å². The predicted molar refractivity (Wildman–Crippen MR) is 59.0 cm³/mol. The molecule has 0 radical (unpaired) electrons. The Balaban J connectivity index is 2.17. The molecule has 0 bridgehead atoms. The first-order chi connectivity index (χ1) is 7.54. The van der Waals surface area contributed by atoms with Crippen LogP contribution in [0.2, 0.25) is 0 Å². The molecule has 1 aromatic heterocycles. The van der Waals surface area contributed by atoms with Crippen LogP contribution >= 0.6 is 11.6 Å². The number of ether oxygens (including phenoxy) is 1. The summed E-state index contributed by atoms with van der Waals surface area (Å²) in [6.45, 7) is 4.17. The fraction of sp³-hybridized carbons (Fsp3) is 0.545. The van der Waals surface area contributed by atoms with Crippen LogP contribution in [-0.4, -0.2) is 29.0 Å². The fourth-order valence-corrected chi connectivity index (χ4v) is 2.08. The van der Waals surface area contributed by atoms with E-state index in [-0.39, 0.29) is 17.9 Å². The maximum atomic E-state index is 11.6. The Bertz CT molecular complexity index is 375. The van der Waals surface area contributed by atoms with Gasteiger partial charge in [0.2, 0.25) is 5.91 Å². The highest BCUT2D eigenvalue weighted by molar-refractivity contribution is 6.27. The largest absolute Gasteiger partial charge is 0.467 e. The van der Waals surface area contributed by atoms with E-state index in [2.05, 4.69) is 0 Å². The average Bonchev–Trinajstić information content (AvgIpc) is 2.83. The summed E-state index contributed by atoms with van der Waals surface area (Å²) in [4.78, 5) is 13.3. The molecular formula is C11H14ClNO3. The third kappa shape index (κ3) is 1.95. The quantitative estimate of drug-likeness (QED) is 0.748. The second-order valence-electron chi connectivity index (χ2n) is 4.21. The molecule has 5 heteroatoms. The Morgan fingerprint density at radius 3 is 3.00 bits per heavy atom. The van der Waals surface area contributed by atoms with Crippen LogP contribution in [-0.2, 0) is 9.53 Å². The van der Waals surface area contributed by atoms with Gasteiger partial charge in [-0.2, -0.15) is 0 Å². The zero-order valence-corrected chi connectivity index (χ0v) is 10.0. The molecular weight excluding hydrogens is 230 g/mol. The predicted octanol–water partition coefficient (Wildman–Crippen LogP) is 2.15. The van der Waals surface area contributed by atoms with Gasteiger partial charge in [0.05, 0.1) is 12.8 Å². The Hall–Kier alpha value is -1.000. The number of carbonyl (C=O) groups excluding carboxylic acids is 1. The van der Waals surface area contributed by atoms with E-state index in [1.165, 1.54) is 0 Å². The number of alkyl halides is 1. The van der Waals surface area contributed by atoms with Crippen LogP contribution in [0.3, 0.4) is 0 Å². The van der Waals surface area contributed by atoms with Crippen LogP contribution in [0.4, 0.5) is 0 Å². The first-order valence-corrected chi connectivity index (χ1v) is 5.65. The molecule has 1 atom stereocenters. The molecule has 1 fully saturated rings. The van der Waals surface area contributed by atoms with Crippen molar-refractivity contribution in [3.05, 3.63) is 24.2 Å². The van der Waals surface area contributed by atoms with Crippen molar-refractivity contribution in [3.63, 3.8) is 0 Å². The maximum Gasteiger partial charge on any atom is 0.239 e. The molecule has 2 rings (SSSR count). The number of nitrogens with zero attached hydrogens (tertiary/aromatic N) is 1. The maximum absolute atomic E-state index is 11.6. The lowest BCUT2D eigenvalue weighted by molar-refractivity contribution is -0.143. The molecule has 0 N–H and O–H groups in total. The summed E-state index contributed by atoms with van der Waals surface area (Å²) in [5.74, 6) is 0.580. The molecule has 0 aromatic carbocycles. The van der Waals surface area contributed by atoms with Crippen LogP contribution in [0.25, 0.3) is 0 Å². The second kappa shape index (κ2) is 4.11. The van der Waals surface area contributed by atoms with Crippen molar-refractivity contribution in [2.75, 3.05) is 12.4 Å². The summed E-state index contributed by atoms with van der Waals surface area (Å²) in [5.41, 5.74) is -0.635. The van der Waals surface area contributed by atoms with Gasteiger partial charge < -0.3 is 14.1 Å². The highest BCUT2D eigenvalue weighted by Crippen LogP contribution is 2.35. The lowest BCUT2D eigenvalue weighted by Gasteiger charge is -2.28. The van der Waals surface area contributed by atoms with Gasteiger partial charge in [-0.1, -0.05) is 0 Å². The zero-order chi connectivity index (χ0) is 11.8. The molecule has 1 saturated heterocycles. The van der Waals surface area contributed by atoms with Gasteiger partial charge in [-0.15, -0.1) is 11.6 Å². The Morgan fingerprint density at radius 1 is 1.69 bits per heavy atom. The second-order valence-corrected chi connectivity index (χ2v) is 4.47. The molecule has 0 spiro atoms. The molecule has 1 aliphatic heterocycles. The average molecular weight is 244 g/mol. The van der Waals surface area contributed by atoms with Gasteiger partial charge >= 0.3 is 0 Å². The third-order valence-electron chi connectivity index (χ3n) is 2.70. The van der Waals surface area contributed by atoms with Gasteiger partial charge in [0.1, 0.15) is 23.5 Å². The summed E-state index contributed by atoms with van der Waals surface area (Å²) >= 11 is 5.56. The van der Waals surface area contributed by atoms with Gasteiger partial charge in [0.25, 0.3) is 0 Å². The van der Waals surface area contributed by atoms with E-state index in [1.807, 2.05) is 19.9 Å². The first kappa shape index (κ1) is 11.5. The number of carbonyl (C=O) groups is 1. The number of furan rings is 1. The van der Waals surface area contributed by atoms with Gasteiger partial charge in [0.15, 0.2) is 0 Å². The molecule has 16 heavy (non-hydrogen) atoms. The normalized spacial score (nSPS) is 23.7. The topological polar surface area (TPSA) is 42.7 Å². The fourth-order valence-electron chi connectivity index (χ4n) is 1.93. The molecule has 0 saturated carbocycles. The number of amides is 1. The molecule has 0 aliphatic carbocycles. The Labute approximate surface area is 99.1 Å². The molecule has 1 amide bonds. The van der Waals surface area contributed by atoms with Crippen molar-refractivity contribution in [1.82, 2.24) is 4.90 Å². The zero-order valence-electron chi connectivity index (χ0n) is 9.27. The van der Waals surface area contributed by atoms with Crippen LogP contribution in [0.1, 0.15) is 25.7 Å². The van der Waals surface area contributed by atoms with E-state index in [9.17, 15) is 4.79 Å². The molecule has 1 aromatic rings. The molecule has 1 unspecified atom stereocenters. The minimum atomic E-state index is -0.635. The molecule has 1 aliphatic rings. The van der Waals surface area contributed by atoms with Crippen LogP contribution in [0, 0.1) is 0 Å². The molecule has 4 nitrogen and oxygen atoms in total. The van der Waals surface area contributed by atoms with Crippen molar-refractivity contribution in [3.8, 4) is 0 Å². The minimum Gasteiger partial charge on any atom is -0.467 e. The highest BCUT2D eigenvalue weighted by atomic mass is 35.5. The van der Waals surface area contributed by atoms with Crippen LogP contribution in [0.15, 0.2) is 22.8 Å². The van der Waals surface area contributed by atoms with Crippen molar-refractivity contribution in [1.29, 1.82) is 0 Å². The SMILES string of the molecule is CC1(C)OC(c2ccco2)CN1C(=O)CCl. The summed E-state index contributed by atoms with van der Waals surface area (Å²) in [7, 11) is 0. The first-order valence-electron chi connectivity index (χ1n) is 5.12. The summed E-state index contributed by atoms with van der Waals surface area (Å²) in [5, 5.41) is 0. The van der Waals surface area contributed by atoms with E-state index >= 15 is 0 Å². The summed E-state index contributed by atoms with van der Waals surface area (Å²) in [6, 6.07) is 3.65. The Kier molecular flexibility index (Phi) is 2.95. The lowest BCUT2D eigenvalue weighted by Crippen LogP contribution is -2.44. The van der Waals surface area contributed by atoms with Crippen LogP contribution in [0.5, 0.6) is 0 Å². The minimum absolute atomic E-state index is 0.0301. The Morgan fingerprint density at radius 2 is 2.44 bits per heavy atom. The number of rotatable bonds is 2. The van der Waals surface area contributed by atoms with Gasteiger partial charge in [-0.25, -0.2) is 0 Å². The van der Waals surface area contributed by atoms with Crippen molar-refractivity contribution < 1.29 is 13.9 Å². The van der Waals surface area contributed by atoms with E-state index < -0.39 is 5.72 Å². The van der Waals surface area contributed by atoms with Crippen LogP contribution < -0.4 is 0 Å². The van der Waals surface area contributed by atoms with Gasteiger partial charge in [-0.05, 0) is 26.0 Å². The summed E-state index contributed by atoms with van der Waals surface area (Å²) < 4.78 is 11.1. The highest BCUT2D eigenvalue weighted by Gasteiger charge is 2.43. The van der Waals surface area contributed by atoms with E-state index in [1.54, 1.807) is 17.2 Å². The van der Waals surface area contributed by atoms with Crippen molar-refractivity contribution >= 4 is 17.5 Å². The summed E-state index contributed by atoms with van der Waals surface area (Å²) in [6.07, 6.45) is 1.38. The smallest absolute Gasteiger partial charge is 0.239 e. The van der Waals surface area contributed by atoms with E-state index in [0.29, 0.717) is 6.54 Å². The van der Waals surface area contributed by atoms with E-state index in [4.69, 9.17) is 20.8 Å². The van der Waals surface area contributed by atoms with Crippen molar-refractivity contribution in [2.24, 2.45) is 0 Å². The third-order valence-corrected chi connectivity index (χ3v) is 2.93. The van der Waals surface area contributed by atoms with Gasteiger partial charge in [-0.3, -0.25) is 4.79 Å². The molecule has 88 valence electrons. The number of halogens is 1. The monoisotopic (exact) mass is 243 g/mol.